The minimum atomic E-state index is -3.66. The predicted molar refractivity (Wildman–Crippen MR) is 45.3 cm³/mol. The molecule has 0 saturated carbocycles. The van der Waals surface area contributed by atoms with Crippen molar-refractivity contribution in [3.05, 3.63) is 5.82 Å². The minimum absolute atomic E-state index is 0.106. The molecule has 0 unspecified atom stereocenters. The molecule has 0 spiro atoms. The summed E-state index contributed by atoms with van der Waals surface area (Å²) in [6.07, 6.45) is 1.58. The highest BCUT2D eigenvalue weighted by Crippen LogP contribution is 2.10. The van der Waals surface area contributed by atoms with Gasteiger partial charge in [0.2, 0.25) is 4.34 Å². The number of aryl methyl sites for hydroxylation is 1. The number of nitrogens with two attached hydrogens (primary N) is 1. The second kappa shape index (κ2) is 3.46. The molecule has 1 aromatic heterocycles. The Balaban J connectivity index is 2.92. The van der Waals surface area contributed by atoms with Crippen LogP contribution in [0.15, 0.2) is 4.34 Å². The first kappa shape index (κ1) is 9.56. The zero-order valence-electron chi connectivity index (χ0n) is 6.52. The van der Waals surface area contributed by atoms with Gasteiger partial charge in [-0.05, 0) is 18.0 Å². The van der Waals surface area contributed by atoms with Crippen LogP contribution in [0.5, 0.6) is 0 Å². The number of hydrogen-bond acceptors (Lipinski definition) is 5. The van der Waals surface area contributed by atoms with E-state index in [1.54, 1.807) is 0 Å². The van der Waals surface area contributed by atoms with Crippen LogP contribution in [0.1, 0.15) is 19.2 Å². The molecule has 12 heavy (non-hydrogen) atoms. The van der Waals surface area contributed by atoms with Crippen molar-refractivity contribution in [2.75, 3.05) is 0 Å². The fraction of sp³-hybridized carbons (Fsp3) is 0.600. The lowest BCUT2D eigenvalue weighted by molar-refractivity contribution is 0.596. The molecule has 0 fully saturated rings. The molecule has 0 bridgehead atoms. The highest BCUT2D eigenvalue weighted by molar-refractivity contribution is 7.91. The van der Waals surface area contributed by atoms with Crippen molar-refractivity contribution >= 4 is 21.6 Å². The summed E-state index contributed by atoms with van der Waals surface area (Å²) in [4.78, 5) is 3.77. The number of hydrogen-bond donors (Lipinski definition) is 1. The second-order valence-corrected chi connectivity index (χ2v) is 4.76. The average molecular weight is 207 g/mol. The van der Waals surface area contributed by atoms with Crippen LogP contribution in [0, 0.1) is 0 Å². The van der Waals surface area contributed by atoms with E-state index in [9.17, 15) is 8.42 Å². The monoisotopic (exact) mass is 207 g/mol. The zero-order chi connectivity index (χ0) is 9.19. The van der Waals surface area contributed by atoms with Gasteiger partial charge >= 0.3 is 0 Å². The zero-order valence-corrected chi connectivity index (χ0v) is 8.15. The van der Waals surface area contributed by atoms with Crippen LogP contribution in [0.2, 0.25) is 0 Å². The van der Waals surface area contributed by atoms with Gasteiger partial charge in [0, 0.05) is 6.42 Å². The number of nitrogens with zero attached hydrogens (tertiary/aromatic N) is 2. The van der Waals surface area contributed by atoms with Crippen LogP contribution < -0.4 is 5.14 Å². The smallest absolute Gasteiger partial charge is 0.223 e. The molecular weight excluding hydrogens is 198 g/mol. The van der Waals surface area contributed by atoms with Gasteiger partial charge in [-0.25, -0.2) is 18.5 Å². The molecule has 0 aromatic carbocycles. The number of sulfonamides is 1. The van der Waals surface area contributed by atoms with Gasteiger partial charge in [0.25, 0.3) is 10.0 Å². The Morgan fingerprint density at radius 3 is 2.67 bits per heavy atom. The van der Waals surface area contributed by atoms with Gasteiger partial charge in [0.05, 0.1) is 0 Å². The third-order valence-electron chi connectivity index (χ3n) is 1.17. The van der Waals surface area contributed by atoms with Crippen molar-refractivity contribution in [1.82, 2.24) is 9.36 Å². The fourth-order valence-corrected chi connectivity index (χ4v) is 1.90. The third-order valence-corrected chi connectivity index (χ3v) is 3.21. The van der Waals surface area contributed by atoms with Crippen molar-refractivity contribution in [1.29, 1.82) is 0 Å². The lowest BCUT2D eigenvalue weighted by Crippen LogP contribution is -2.11. The summed E-state index contributed by atoms with van der Waals surface area (Å²) in [6.45, 7) is 1.97. The first-order valence-corrected chi connectivity index (χ1v) is 5.71. The van der Waals surface area contributed by atoms with E-state index in [0.29, 0.717) is 12.2 Å². The standard InChI is InChI=1S/C5H9N3O2S2/c1-2-3-4-7-5(11-8-4)12(6,9)10/h2-3H2,1H3,(H2,6,9,10). The molecule has 2 N–H and O–H groups in total. The van der Waals surface area contributed by atoms with Crippen molar-refractivity contribution < 1.29 is 8.42 Å². The van der Waals surface area contributed by atoms with E-state index >= 15 is 0 Å². The maximum Gasteiger partial charge on any atom is 0.266 e. The Kier molecular flexibility index (Phi) is 2.76. The highest BCUT2D eigenvalue weighted by atomic mass is 32.2. The van der Waals surface area contributed by atoms with Crippen LogP contribution in [0.3, 0.4) is 0 Å². The summed E-state index contributed by atoms with van der Waals surface area (Å²) in [6, 6.07) is 0. The summed E-state index contributed by atoms with van der Waals surface area (Å²) in [5.41, 5.74) is 0. The van der Waals surface area contributed by atoms with Crippen LogP contribution in [0.4, 0.5) is 0 Å². The molecule has 0 aliphatic heterocycles. The van der Waals surface area contributed by atoms with E-state index in [1.807, 2.05) is 6.92 Å². The number of aromatic nitrogens is 2. The van der Waals surface area contributed by atoms with E-state index in [-0.39, 0.29) is 4.34 Å². The van der Waals surface area contributed by atoms with Gasteiger partial charge in [-0.1, -0.05) is 6.92 Å². The quantitative estimate of drug-likeness (QED) is 0.763. The number of rotatable bonds is 3. The molecule has 1 heterocycles. The van der Waals surface area contributed by atoms with Gasteiger partial charge in [0.15, 0.2) is 0 Å². The molecule has 1 rings (SSSR count). The Bertz CT molecular complexity index is 357. The molecule has 1 aromatic rings. The van der Waals surface area contributed by atoms with Crippen molar-refractivity contribution in [3.8, 4) is 0 Å². The Hall–Kier alpha value is -0.530. The summed E-state index contributed by atoms with van der Waals surface area (Å²) < 4.78 is 25.2. The third kappa shape index (κ3) is 2.23. The van der Waals surface area contributed by atoms with E-state index in [0.717, 1.165) is 18.0 Å². The van der Waals surface area contributed by atoms with Crippen molar-refractivity contribution in [3.63, 3.8) is 0 Å². The molecule has 0 radical (unpaired) electrons. The van der Waals surface area contributed by atoms with Crippen LogP contribution in [0.25, 0.3) is 0 Å². The SMILES string of the molecule is CCCc1nsc(S(N)(=O)=O)n1. The Morgan fingerprint density at radius 1 is 1.58 bits per heavy atom. The molecule has 0 aliphatic carbocycles. The van der Waals surface area contributed by atoms with Gasteiger partial charge in [-0.2, -0.15) is 4.37 Å². The Morgan fingerprint density at radius 2 is 2.25 bits per heavy atom. The first-order chi connectivity index (χ1) is 5.54. The minimum Gasteiger partial charge on any atom is -0.223 e. The molecule has 5 nitrogen and oxygen atoms in total. The van der Waals surface area contributed by atoms with E-state index < -0.39 is 10.0 Å². The molecule has 7 heteroatoms. The van der Waals surface area contributed by atoms with Crippen molar-refractivity contribution in [2.24, 2.45) is 5.14 Å². The Labute approximate surface area is 74.8 Å². The predicted octanol–water partition coefficient (Wildman–Crippen LogP) is 0.138. The van der Waals surface area contributed by atoms with Gasteiger partial charge in [-0.3, -0.25) is 0 Å². The second-order valence-electron chi connectivity index (χ2n) is 2.27. The summed E-state index contributed by atoms with van der Waals surface area (Å²) in [5, 5.41) is 4.85. The summed E-state index contributed by atoms with van der Waals surface area (Å²) in [5.74, 6) is 0.548. The highest BCUT2D eigenvalue weighted by Gasteiger charge is 2.13. The summed E-state index contributed by atoms with van der Waals surface area (Å²) >= 11 is 0.822. The van der Waals surface area contributed by atoms with Crippen LogP contribution in [-0.2, 0) is 16.4 Å². The van der Waals surface area contributed by atoms with Crippen LogP contribution >= 0.6 is 11.5 Å². The fourth-order valence-electron chi connectivity index (χ4n) is 0.679. The summed E-state index contributed by atoms with van der Waals surface area (Å²) in [7, 11) is -3.66. The number of primary sulfonamides is 1. The normalized spacial score (nSPS) is 11.8. The first-order valence-electron chi connectivity index (χ1n) is 3.39. The molecular formula is C5H9N3O2S2. The molecule has 0 amide bonds. The van der Waals surface area contributed by atoms with E-state index in [2.05, 4.69) is 9.36 Å². The molecule has 0 atom stereocenters. The maximum absolute atomic E-state index is 10.7. The molecule has 0 aliphatic rings. The van der Waals surface area contributed by atoms with Gasteiger partial charge < -0.3 is 0 Å². The molecule has 0 saturated heterocycles. The average Bonchev–Trinajstić information content (AvgIpc) is 2.35. The van der Waals surface area contributed by atoms with Crippen molar-refractivity contribution in [2.45, 2.75) is 24.1 Å². The lowest BCUT2D eigenvalue weighted by Gasteiger charge is -1.87. The van der Waals surface area contributed by atoms with Crippen LogP contribution in [-0.4, -0.2) is 17.8 Å². The molecule has 68 valence electrons. The largest absolute Gasteiger partial charge is 0.266 e. The van der Waals surface area contributed by atoms with E-state index in [4.69, 9.17) is 5.14 Å². The lowest BCUT2D eigenvalue weighted by atomic mass is 10.3. The van der Waals surface area contributed by atoms with Gasteiger partial charge in [-0.15, -0.1) is 0 Å². The van der Waals surface area contributed by atoms with E-state index in [1.165, 1.54) is 0 Å². The topological polar surface area (TPSA) is 85.9 Å². The van der Waals surface area contributed by atoms with Gasteiger partial charge in [0.1, 0.15) is 5.82 Å². The maximum atomic E-state index is 10.7.